The maximum atomic E-state index is 3.63. The maximum absolute atomic E-state index is 3.63. The lowest BCUT2D eigenvalue weighted by atomic mass is 9.90. The van der Waals surface area contributed by atoms with Crippen molar-refractivity contribution in [2.75, 3.05) is 6.54 Å². The highest BCUT2D eigenvalue weighted by molar-refractivity contribution is 4.94. The molecule has 0 spiro atoms. The highest BCUT2D eigenvalue weighted by Gasteiger charge is 2.11. The van der Waals surface area contributed by atoms with Gasteiger partial charge in [-0.1, -0.05) is 113 Å². The van der Waals surface area contributed by atoms with Gasteiger partial charge in [-0.3, -0.25) is 0 Å². The van der Waals surface area contributed by atoms with Crippen LogP contribution < -0.4 is 5.32 Å². The maximum Gasteiger partial charge on any atom is 0.00444 e. The van der Waals surface area contributed by atoms with Gasteiger partial charge in [0.2, 0.25) is 0 Å². The SMILES string of the molecule is CC.CC.CC.CC.CC.CC/C=C\CC=CCCNC(C)CC1C=CCCC1. The largest absolute Gasteiger partial charge is 0.314 e. The van der Waals surface area contributed by atoms with Gasteiger partial charge in [0, 0.05) is 6.04 Å². The summed E-state index contributed by atoms with van der Waals surface area (Å²) in [6, 6.07) is 0.640. The van der Waals surface area contributed by atoms with E-state index in [1.807, 2.05) is 69.2 Å². The summed E-state index contributed by atoms with van der Waals surface area (Å²) < 4.78 is 0. The van der Waals surface area contributed by atoms with Crippen LogP contribution in [-0.4, -0.2) is 12.6 Å². The van der Waals surface area contributed by atoms with Crippen LogP contribution in [0.2, 0.25) is 0 Å². The van der Waals surface area contributed by atoms with E-state index in [0.717, 1.165) is 31.7 Å². The van der Waals surface area contributed by atoms with Gasteiger partial charge in [-0.05, 0) is 64.3 Å². The third-order valence-corrected chi connectivity index (χ3v) is 3.66. The lowest BCUT2D eigenvalue weighted by molar-refractivity contribution is 0.418. The van der Waals surface area contributed by atoms with Gasteiger partial charge in [0.1, 0.15) is 0 Å². The zero-order valence-corrected chi connectivity index (χ0v) is 22.8. The summed E-state index contributed by atoms with van der Waals surface area (Å²) in [7, 11) is 0. The van der Waals surface area contributed by atoms with Gasteiger partial charge in [-0.15, -0.1) is 0 Å². The van der Waals surface area contributed by atoms with Crippen molar-refractivity contribution < 1.29 is 0 Å². The van der Waals surface area contributed by atoms with E-state index < -0.39 is 0 Å². The minimum Gasteiger partial charge on any atom is -0.314 e. The van der Waals surface area contributed by atoms with Gasteiger partial charge >= 0.3 is 0 Å². The summed E-state index contributed by atoms with van der Waals surface area (Å²) in [5.74, 6) is 0.811. The van der Waals surface area contributed by atoms with Crippen LogP contribution in [0.3, 0.4) is 0 Å². The fourth-order valence-corrected chi connectivity index (χ4v) is 2.59. The highest BCUT2D eigenvalue weighted by atomic mass is 14.9. The van der Waals surface area contributed by atoms with Gasteiger partial charge < -0.3 is 5.32 Å². The van der Waals surface area contributed by atoms with Gasteiger partial charge in [0.15, 0.2) is 0 Å². The van der Waals surface area contributed by atoms with E-state index in [1.165, 1.54) is 25.7 Å². The van der Waals surface area contributed by atoms with E-state index >= 15 is 0 Å². The molecule has 178 valence electrons. The van der Waals surface area contributed by atoms with E-state index in [4.69, 9.17) is 0 Å². The quantitative estimate of drug-likeness (QED) is 0.294. The van der Waals surface area contributed by atoms with E-state index in [9.17, 15) is 0 Å². The average Bonchev–Trinajstić information content (AvgIpc) is 2.83. The van der Waals surface area contributed by atoms with Crippen molar-refractivity contribution in [1.29, 1.82) is 0 Å². The van der Waals surface area contributed by atoms with Crippen LogP contribution in [0.4, 0.5) is 0 Å². The summed E-state index contributed by atoms with van der Waals surface area (Å²) in [5, 5.41) is 3.63. The first-order valence-electron chi connectivity index (χ1n) is 13.0. The van der Waals surface area contributed by atoms with Crippen LogP contribution in [0.15, 0.2) is 36.5 Å². The zero-order chi connectivity index (χ0) is 23.8. The molecule has 0 fully saturated rings. The number of hydrogen-bond acceptors (Lipinski definition) is 1. The van der Waals surface area contributed by atoms with Crippen molar-refractivity contribution in [2.24, 2.45) is 5.92 Å². The first-order valence-corrected chi connectivity index (χ1v) is 13.0. The minimum atomic E-state index is 0.640. The molecule has 0 aliphatic heterocycles. The van der Waals surface area contributed by atoms with Crippen molar-refractivity contribution in [3.8, 4) is 0 Å². The van der Waals surface area contributed by atoms with Gasteiger partial charge in [0.05, 0.1) is 0 Å². The van der Waals surface area contributed by atoms with E-state index in [0.29, 0.717) is 6.04 Å². The molecule has 1 rings (SSSR count). The Morgan fingerprint density at radius 2 is 1.41 bits per heavy atom. The molecule has 0 aromatic rings. The molecular weight excluding hydrogens is 350 g/mol. The van der Waals surface area contributed by atoms with Crippen LogP contribution in [0, 0.1) is 5.92 Å². The van der Waals surface area contributed by atoms with Gasteiger partial charge in [0.25, 0.3) is 0 Å². The lowest BCUT2D eigenvalue weighted by Crippen LogP contribution is -2.29. The average molecular weight is 412 g/mol. The fourth-order valence-electron chi connectivity index (χ4n) is 2.59. The van der Waals surface area contributed by atoms with E-state index in [-0.39, 0.29) is 0 Å². The second-order valence-electron chi connectivity index (χ2n) is 5.59. The van der Waals surface area contributed by atoms with Crippen molar-refractivity contribution in [3.63, 3.8) is 0 Å². The monoisotopic (exact) mass is 411 g/mol. The Morgan fingerprint density at radius 3 is 1.90 bits per heavy atom. The first-order chi connectivity index (χ1) is 14.3. The first kappa shape index (κ1) is 38.7. The van der Waals surface area contributed by atoms with Crippen LogP contribution in [0.25, 0.3) is 0 Å². The summed E-state index contributed by atoms with van der Waals surface area (Å²) in [5.41, 5.74) is 0. The molecule has 1 N–H and O–H groups in total. The van der Waals surface area contributed by atoms with Crippen LogP contribution in [0.5, 0.6) is 0 Å². The summed E-state index contributed by atoms with van der Waals surface area (Å²) in [6.07, 6.45) is 22.5. The normalized spacial score (nSPS) is 15.1. The summed E-state index contributed by atoms with van der Waals surface area (Å²) >= 11 is 0. The second-order valence-corrected chi connectivity index (χ2v) is 5.59. The lowest BCUT2D eigenvalue weighted by Gasteiger charge is -2.21. The molecule has 0 radical (unpaired) electrons. The van der Waals surface area contributed by atoms with Gasteiger partial charge in [-0.25, -0.2) is 0 Å². The van der Waals surface area contributed by atoms with Crippen molar-refractivity contribution in [3.05, 3.63) is 36.5 Å². The standard InChI is InChI=1S/C18H31N.5C2H6/c1-3-4-5-6-7-8-12-15-19-17(2)16-18-13-10-9-11-14-18;5*1-2/h4-5,7-8,10,13,17-19H,3,6,9,11-12,14-16H2,1-2H3;5*1-2H3/b5-4-,8-7?;;;;;. The number of nitrogens with one attached hydrogen (secondary N) is 1. The Morgan fingerprint density at radius 1 is 0.862 bits per heavy atom. The Bertz CT molecular complexity index is 289. The van der Waals surface area contributed by atoms with Crippen molar-refractivity contribution in [2.45, 2.75) is 134 Å². The Balaban J connectivity index is -0.000000167. The van der Waals surface area contributed by atoms with Gasteiger partial charge in [-0.2, -0.15) is 0 Å². The van der Waals surface area contributed by atoms with Crippen LogP contribution in [0.1, 0.15) is 128 Å². The minimum absolute atomic E-state index is 0.640. The topological polar surface area (TPSA) is 12.0 Å². The molecular formula is C28H61N. The predicted octanol–water partition coefficient (Wildman–Crippen LogP) is 10.1. The molecule has 0 saturated heterocycles. The Labute approximate surface area is 188 Å². The third-order valence-electron chi connectivity index (χ3n) is 3.66. The summed E-state index contributed by atoms with van der Waals surface area (Å²) in [6.45, 7) is 25.6. The van der Waals surface area contributed by atoms with Crippen molar-refractivity contribution in [1.82, 2.24) is 5.32 Å². The summed E-state index contributed by atoms with van der Waals surface area (Å²) in [4.78, 5) is 0. The Hall–Kier alpha value is -0.820. The smallest absolute Gasteiger partial charge is 0.00444 e. The molecule has 0 aromatic carbocycles. The molecule has 0 saturated carbocycles. The molecule has 2 unspecified atom stereocenters. The highest BCUT2D eigenvalue weighted by Crippen LogP contribution is 2.21. The Kier molecular flexibility index (Phi) is 61.1. The molecule has 1 nitrogen and oxygen atoms in total. The molecule has 29 heavy (non-hydrogen) atoms. The van der Waals surface area contributed by atoms with Crippen LogP contribution >= 0.6 is 0 Å². The fraction of sp³-hybridized carbons (Fsp3) is 0.786. The molecule has 0 aromatic heterocycles. The molecule has 1 aliphatic rings. The second kappa shape index (κ2) is 45.7. The molecule has 0 amide bonds. The molecule has 1 heteroatoms. The predicted molar refractivity (Wildman–Crippen MR) is 143 cm³/mol. The molecule has 1 aliphatic carbocycles. The molecule has 0 heterocycles. The molecule has 0 bridgehead atoms. The van der Waals surface area contributed by atoms with Crippen molar-refractivity contribution >= 4 is 0 Å². The molecule has 2 atom stereocenters. The van der Waals surface area contributed by atoms with Crippen LogP contribution in [-0.2, 0) is 0 Å². The number of rotatable bonds is 9. The zero-order valence-electron chi connectivity index (χ0n) is 22.8. The number of hydrogen-bond donors (Lipinski definition) is 1. The number of allylic oxidation sites excluding steroid dienone is 5. The third kappa shape index (κ3) is 38.4. The van der Waals surface area contributed by atoms with E-state index in [2.05, 4.69) is 55.6 Å². The van der Waals surface area contributed by atoms with E-state index in [1.54, 1.807) is 0 Å².